The lowest BCUT2D eigenvalue weighted by atomic mass is 9.87. The third-order valence-electron chi connectivity index (χ3n) is 6.90. The summed E-state index contributed by atoms with van der Waals surface area (Å²) >= 11 is 0. The number of rotatable bonds is 6. The number of hydrogen-bond donors (Lipinski definition) is 1. The first-order chi connectivity index (χ1) is 17.7. The fraction of sp³-hybridized carbons (Fsp3) is 0.560. The van der Waals surface area contributed by atoms with E-state index in [2.05, 4.69) is 32.1 Å². The van der Waals surface area contributed by atoms with Gasteiger partial charge in [0.15, 0.2) is 11.5 Å². The molecule has 200 valence electrons. The smallest absolute Gasteiger partial charge is 0.284 e. The number of hydrazone groups is 1. The molecule has 0 radical (unpaired) electrons. The van der Waals surface area contributed by atoms with Crippen molar-refractivity contribution in [1.82, 2.24) is 19.7 Å². The SMILES string of the molecule is C=NN1C=CC(N2C[C@H](C)O[C@@H](C)C2)=N/C1=C(/C)C(=O)Nc1cn([C@H]2CC[C@H](C=O)CC2)nc1C(F)F. The summed E-state index contributed by atoms with van der Waals surface area (Å²) < 4.78 is 34.9. The number of amidine groups is 1. The molecule has 12 heteroatoms. The molecule has 10 nitrogen and oxygen atoms in total. The van der Waals surface area contributed by atoms with Crippen LogP contribution >= 0.6 is 0 Å². The Morgan fingerprint density at radius 3 is 2.51 bits per heavy atom. The molecule has 3 heterocycles. The van der Waals surface area contributed by atoms with Crippen LogP contribution in [0.2, 0.25) is 0 Å². The second-order valence-corrected chi connectivity index (χ2v) is 9.75. The molecule has 37 heavy (non-hydrogen) atoms. The van der Waals surface area contributed by atoms with E-state index in [4.69, 9.17) is 4.74 Å². The average Bonchev–Trinajstić information content (AvgIpc) is 3.31. The molecule has 2 aliphatic heterocycles. The second kappa shape index (κ2) is 11.3. The van der Waals surface area contributed by atoms with E-state index in [0.29, 0.717) is 44.6 Å². The molecule has 4 rings (SSSR count). The summed E-state index contributed by atoms with van der Waals surface area (Å²) in [5, 5.41) is 12.0. The Hall–Kier alpha value is -3.41. The molecule has 1 N–H and O–H groups in total. The van der Waals surface area contributed by atoms with Crippen LogP contribution in [0.4, 0.5) is 14.5 Å². The largest absolute Gasteiger partial charge is 0.372 e. The number of morpholine rings is 1. The molecule has 0 spiro atoms. The van der Waals surface area contributed by atoms with Crippen LogP contribution in [0.25, 0.3) is 0 Å². The standard InChI is InChI=1S/C25H33F2N7O3/c1-15-11-32(12-16(2)37-15)21-9-10-33(28-4)24(30-21)17(3)25(36)29-20-13-34(31-22(20)23(26)27)19-7-5-18(14-35)6-8-19/h9-10,13-16,18-19,23H,4-8,11-12H2,1-3H3,(H,29,36)/b24-17+/t15-,16-,18-,19-/m0/s1. The van der Waals surface area contributed by atoms with E-state index in [-0.39, 0.29) is 41.2 Å². The van der Waals surface area contributed by atoms with Crippen LogP contribution in [0, 0.1) is 5.92 Å². The van der Waals surface area contributed by atoms with Gasteiger partial charge in [0, 0.05) is 38.1 Å². The molecule has 1 saturated carbocycles. The van der Waals surface area contributed by atoms with Gasteiger partial charge in [-0.2, -0.15) is 10.2 Å². The summed E-state index contributed by atoms with van der Waals surface area (Å²) in [5.41, 5.74) is -0.364. The van der Waals surface area contributed by atoms with Crippen molar-refractivity contribution in [3.05, 3.63) is 35.6 Å². The summed E-state index contributed by atoms with van der Waals surface area (Å²) in [4.78, 5) is 31.0. The number of nitrogens with one attached hydrogen (secondary N) is 1. The van der Waals surface area contributed by atoms with Crippen molar-refractivity contribution in [2.45, 2.75) is 71.1 Å². The summed E-state index contributed by atoms with van der Waals surface area (Å²) in [6.07, 6.45) is 5.69. The molecular formula is C25H33F2N7O3. The first-order valence-corrected chi connectivity index (χ1v) is 12.5. The lowest BCUT2D eigenvalue weighted by Crippen LogP contribution is -2.48. The van der Waals surface area contributed by atoms with E-state index >= 15 is 0 Å². The number of aliphatic imine (C=N–C) groups is 1. The maximum absolute atomic E-state index is 13.8. The van der Waals surface area contributed by atoms with Crippen LogP contribution in [-0.4, -0.2) is 69.7 Å². The summed E-state index contributed by atoms with van der Waals surface area (Å²) in [6, 6.07) is -0.104. The van der Waals surface area contributed by atoms with Gasteiger partial charge >= 0.3 is 0 Å². The highest BCUT2D eigenvalue weighted by atomic mass is 19.3. The van der Waals surface area contributed by atoms with Crippen molar-refractivity contribution in [2.75, 3.05) is 18.4 Å². The van der Waals surface area contributed by atoms with Crippen LogP contribution < -0.4 is 5.32 Å². The molecule has 1 amide bonds. The fourth-order valence-electron chi connectivity index (χ4n) is 4.99. The highest BCUT2D eigenvalue weighted by molar-refractivity contribution is 6.05. The first-order valence-electron chi connectivity index (χ1n) is 12.5. The fourth-order valence-corrected chi connectivity index (χ4v) is 4.99. The van der Waals surface area contributed by atoms with Gasteiger partial charge in [0.2, 0.25) is 0 Å². The van der Waals surface area contributed by atoms with Gasteiger partial charge in [-0.25, -0.2) is 18.8 Å². The molecule has 0 unspecified atom stereocenters. The molecule has 2 fully saturated rings. The van der Waals surface area contributed by atoms with Gasteiger partial charge in [0.1, 0.15) is 12.1 Å². The number of anilines is 1. The lowest BCUT2D eigenvalue weighted by molar-refractivity contribution is -0.113. The number of carbonyl (C=O) groups excluding carboxylic acids is 2. The summed E-state index contributed by atoms with van der Waals surface area (Å²) in [5.74, 6) is 0.290. The van der Waals surface area contributed by atoms with Gasteiger partial charge < -0.3 is 19.7 Å². The number of carbonyl (C=O) groups is 2. The third kappa shape index (κ3) is 5.95. The number of ether oxygens (including phenoxy) is 1. The van der Waals surface area contributed by atoms with Gasteiger partial charge in [-0.3, -0.25) is 9.48 Å². The van der Waals surface area contributed by atoms with Crippen molar-refractivity contribution >= 4 is 30.4 Å². The zero-order chi connectivity index (χ0) is 26.7. The van der Waals surface area contributed by atoms with Crippen molar-refractivity contribution in [2.24, 2.45) is 16.0 Å². The van der Waals surface area contributed by atoms with E-state index in [1.165, 1.54) is 15.9 Å². The predicted molar refractivity (Wildman–Crippen MR) is 135 cm³/mol. The quantitative estimate of drug-likeness (QED) is 0.349. The Labute approximate surface area is 214 Å². The van der Waals surface area contributed by atoms with E-state index < -0.39 is 18.0 Å². The monoisotopic (exact) mass is 517 g/mol. The van der Waals surface area contributed by atoms with Gasteiger partial charge in [0.25, 0.3) is 12.3 Å². The van der Waals surface area contributed by atoms with Crippen LogP contribution in [0.5, 0.6) is 0 Å². The number of amides is 1. The summed E-state index contributed by atoms with van der Waals surface area (Å²) in [7, 11) is 0. The number of aldehydes is 1. The van der Waals surface area contributed by atoms with Crippen LogP contribution in [0.3, 0.4) is 0 Å². The van der Waals surface area contributed by atoms with Crippen molar-refractivity contribution in [3.63, 3.8) is 0 Å². The minimum Gasteiger partial charge on any atom is -0.372 e. The van der Waals surface area contributed by atoms with Gasteiger partial charge in [0.05, 0.1) is 29.5 Å². The van der Waals surface area contributed by atoms with Crippen LogP contribution in [0.1, 0.15) is 64.6 Å². The molecule has 1 aromatic heterocycles. The maximum Gasteiger partial charge on any atom is 0.284 e. The van der Waals surface area contributed by atoms with Crippen molar-refractivity contribution in [1.29, 1.82) is 0 Å². The normalized spacial score (nSPS) is 27.7. The molecular weight excluding hydrogens is 484 g/mol. The van der Waals surface area contributed by atoms with E-state index in [1.54, 1.807) is 19.2 Å². The molecule has 3 aliphatic rings. The molecule has 0 aromatic carbocycles. The number of aromatic nitrogens is 2. The predicted octanol–water partition coefficient (Wildman–Crippen LogP) is 3.87. The minimum absolute atomic E-state index is 0.00452. The van der Waals surface area contributed by atoms with E-state index in [1.807, 2.05) is 13.8 Å². The zero-order valence-corrected chi connectivity index (χ0v) is 21.3. The van der Waals surface area contributed by atoms with Gasteiger partial charge in [-0.05, 0) is 52.5 Å². The lowest BCUT2D eigenvalue weighted by Gasteiger charge is -2.37. The highest BCUT2D eigenvalue weighted by Crippen LogP contribution is 2.34. The van der Waals surface area contributed by atoms with Crippen molar-refractivity contribution in [3.8, 4) is 0 Å². The minimum atomic E-state index is -2.87. The Morgan fingerprint density at radius 1 is 1.24 bits per heavy atom. The Morgan fingerprint density at radius 2 is 1.92 bits per heavy atom. The molecule has 1 aromatic rings. The molecule has 1 aliphatic carbocycles. The van der Waals surface area contributed by atoms with Gasteiger partial charge in [-0.1, -0.05) is 0 Å². The Kier molecular flexibility index (Phi) is 8.16. The zero-order valence-electron chi connectivity index (χ0n) is 21.3. The highest BCUT2D eigenvalue weighted by Gasteiger charge is 2.29. The van der Waals surface area contributed by atoms with Crippen LogP contribution in [0.15, 0.2) is 40.0 Å². The molecule has 0 bridgehead atoms. The Bertz CT molecular complexity index is 1110. The number of alkyl halides is 2. The van der Waals surface area contributed by atoms with Crippen LogP contribution in [-0.2, 0) is 14.3 Å². The second-order valence-electron chi connectivity index (χ2n) is 9.75. The third-order valence-corrected chi connectivity index (χ3v) is 6.90. The van der Waals surface area contributed by atoms with E-state index in [9.17, 15) is 18.4 Å². The molecule has 1 saturated heterocycles. The maximum atomic E-state index is 13.8. The number of hydrogen-bond acceptors (Lipinski definition) is 8. The topological polar surface area (TPSA) is 104 Å². The first kappa shape index (κ1) is 26.6. The number of halogens is 2. The van der Waals surface area contributed by atoms with Gasteiger partial charge in [-0.15, -0.1) is 0 Å². The van der Waals surface area contributed by atoms with Crippen molar-refractivity contribution < 1.29 is 23.1 Å². The molecule has 2 atom stereocenters. The summed E-state index contributed by atoms with van der Waals surface area (Å²) in [6.45, 7) is 10.3. The average molecular weight is 518 g/mol. The van der Waals surface area contributed by atoms with E-state index in [0.717, 1.165) is 6.29 Å². The number of nitrogens with zero attached hydrogens (tertiary/aromatic N) is 6. The Balaban J connectivity index is 1.57.